The smallest absolute Gasteiger partial charge is 0.295 e. The number of ketones is 1. The van der Waals surface area contributed by atoms with E-state index in [0.29, 0.717) is 12.1 Å². The Balaban J connectivity index is 1.75. The van der Waals surface area contributed by atoms with E-state index in [4.69, 9.17) is 0 Å². The van der Waals surface area contributed by atoms with Crippen molar-refractivity contribution in [2.24, 2.45) is 0 Å². The summed E-state index contributed by atoms with van der Waals surface area (Å²) in [6.07, 6.45) is 2.35. The molecular formula is C24H26N2O3. The number of aliphatic hydroxyl groups excluding tert-OH is 1. The van der Waals surface area contributed by atoms with Gasteiger partial charge >= 0.3 is 0 Å². The summed E-state index contributed by atoms with van der Waals surface area (Å²) in [7, 11) is 0. The second-order valence-corrected chi connectivity index (χ2v) is 7.82. The number of hydrogen-bond acceptors (Lipinski definition) is 4. The molecule has 0 saturated carbocycles. The highest BCUT2D eigenvalue weighted by atomic mass is 16.3. The number of likely N-dealkylation sites (tertiary alicyclic amines) is 2. The van der Waals surface area contributed by atoms with Crippen molar-refractivity contribution in [2.45, 2.75) is 25.8 Å². The molecule has 2 aliphatic heterocycles. The predicted octanol–water partition coefficient (Wildman–Crippen LogP) is 3.51. The van der Waals surface area contributed by atoms with Crippen molar-refractivity contribution in [1.82, 2.24) is 9.80 Å². The maximum absolute atomic E-state index is 13.0. The van der Waals surface area contributed by atoms with Crippen molar-refractivity contribution >= 4 is 17.4 Å². The lowest BCUT2D eigenvalue weighted by atomic mass is 9.95. The Morgan fingerprint density at radius 2 is 1.62 bits per heavy atom. The lowest BCUT2D eigenvalue weighted by Gasteiger charge is -2.27. The van der Waals surface area contributed by atoms with Crippen molar-refractivity contribution in [1.29, 1.82) is 0 Å². The van der Waals surface area contributed by atoms with Crippen molar-refractivity contribution in [3.8, 4) is 0 Å². The highest BCUT2D eigenvalue weighted by Gasteiger charge is 2.45. The molecule has 2 aromatic carbocycles. The van der Waals surface area contributed by atoms with Gasteiger partial charge in [0.1, 0.15) is 5.76 Å². The third-order valence-corrected chi connectivity index (χ3v) is 5.84. The molecule has 1 atom stereocenters. The minimum absolute atomic E-state index is 0.113. The standard InChI is InChI=1S/C24H26N2O3/c1-17-9-11-18(12-10-17)21-20(22(27)19-7-3-2-4-8-19)23(28)24(29)26(21)16-15-25-13-5-6-14-25/h2-4,7-12,21,27H,5-6,13-16H2,1H3/b22-20+. The molecule has 2 heterocycles. The molecule has 2 aromatic rings. The van der Waals surface area contributed by atoms with Gasteiger partial charge in [0.15, 0.2) is 0 Å². The molecule has 1 unspecified atom stereocenters. The number of hydrogen-bond donors (Lipinski definition) is 1. The van der Waals surface area contributed by atoms with Crippen LogP contribution in [0.3, 0.4) is 0 Å². The topological polar surface area (TPSA) is 60.9 Å². The zero-order chi connectivity index (χ0) is 20.4. The van der Waals surface area contributed by atoms with Gasteiger partial charge in [-0.05, 0) is 38.4 Å². The van der Waals surface area contributed by atoms with Crippen LogP contribution >= 0.6 is 0 Å². The Morgan fingerprint density at radius 3 is 2.28 bits per heavy atom. The van der Waals surface area contributed by atoms with Gasteiger partial charge in [-0.25, -0.2) is 0 Å². The first kappa shape index (κ1) is 19.4. The first-order valence-corrected chi connectivity index (χ1v) is 10.2. The summed E-state index contributed by atoms with van der Waals surface area (Å²) in [6, 6.07) is 16.2. The van der Waals surface area contributed by atoms with Gasteiger partial charge in [-0.2, -0.15) is 0 Å². The molecule has 5 heteroatoms. The summed E-state index contributed by atoms with van der Waals surface area (Å²) in [5.41, 5.74) is 2.66. The first-order valence-electron chi connectivity index (χ1n) is 10.2. The zero-order valence-corrected chi connectivity index (χ0v) is 16.7. The highest BCUT2D eigenvalue weighted by molar-refractivity contribution is 6.46. The Kier molecular flexibility index (Phi) is 5.49. The van der Waals surface area contributed by atoms with Gasteiger partial charge in [0.25, 0.3) is 11.7 Å². The van der Waals surface area contributed by atoms with Crippen LogP contribution in [0.2, 0.25) is 0 Å². The van der Waals surface area contributed by atoms with Crippen LogP contribution in [0.15, 0.2) is 60.2 Å². The Morgan fingerprint density at radius 1 is 0.966 bits per heavy atom. The zero-order valence-electron chi connectivity index (χ0n) is 16.7. The Labute approximate surface area is 171 Å². The summed E-state index contributed by atoms with van der Waals surface area (Å²) in [6.45, 7) is 5.26. The summed E-state index contributed by atoms with van der Waals surface area (Å²) in [5.74, 6) is -1.26. The van der Waals surface area contributed by atoms with Gasteiger partial charge in [0.05, 0.1) is 11.6 Å². The number of nitrogens with zero attached hydrogens (tertiary/aromatic N) is 2. The number of carbonyl (C=O) groups is 2. The second-order valence-electron chi connectivity index (χ2n) is 7.82. The second kappa shape index (κ2) is 8.21. The van der Waals surface area contributed by atoms with Crippen LogP contribution in [-0.2, 0) is 9.59 Å². The number of aliphatic hydroxyl groups is 1. The summed E-state index contributed by atoms with van der Waals surface area (Å²) in [4.78, 5) is 29.8. The Hall–Kier alpha value is -2.92. The van der Waals surface area contributed by atoms with Gasteiger partial charge in [-0.15, -0.1) is 0 Å². The monoisotopic (exact) mass is 390 g/mol. The average Bonchev–Trinajstić information content (AvgIpc) is 3.35. The average molecular weight is 390 g/mol. The fourth-order valence-corrected chi connectivity index (χ4v) is 4.21. The first-order chi connectivity index (χ1) is 14.1. The molecule has 150 valence electrons. The van der Waals surface area contributed by atoms with Gasteiger partial charge in [-0.3, -0.25) is 9.59 Å². The largest absolute Gasteiger partial charge is 0.507 e. The Bertz CT molecular complexity index is 928. The predicted molar refractivity (Wildman–Crippen MR) is 112 cm³/mol. The molecule has 1 N–H and O–H groups in total. The third-order valence-electron chi connectivity index (χ3n) is 5.84. The van der Waals surface area contributed by atoms with Crippen molar-refractivity contribution in [3.63, 3.8) is 0 Å². The van der Waals surface area contributed by atoms with Crippen LogP contribution in [0.4, 0.5) is 0 Å². The van der Waals surface area contributed by atoms with Crippen LogP contribution < -0.4 is 0 Å². The fraction of sp³-hybridized carbons (Fsp3) is 0.333. The molecule has 5 nitrogen and oxygen atoms in total. The minimum Gasteiger partial charge on any atom is -0.507 e. The summed E-state index contributed by atoms with van der Waals surface area (Å²) in [5, 5.41) is 11.0. The quantitative estimate of drug-likeness (QED) is 0.482. The van der Waals surface area contributed by atoms with Gasteiger partial charge in [-0.1, -0.05) is 60.2 Å². The number of benzene rings is 2. The summed E-state index contributed by atoms with van der Waals surface area (Å²) >= 11 is 0. The van der Waals surface area contributed by atoms with Crippen LogP contribution in [0.5, 0.6) is 0 Å². The molecule has 0 aromatic heterocycles. The van der Waals surface area contributed by atoms with Crippen molar-refractivity contribution < 1.29 is 14.7 Å². The molecule has 2 saturated heterocycles. The highest BCUT2D eigenvalue weighted by Crippen LogP contribution is 2.39. The van der Waals surface area contributed by atoms with Gasteiger partial charge in [0.2, 0.25) is 0 Å². The van der Waals surface area contributed by atoms with E-state index in [1.165, 1.54) is 12.8 Å². The van der Waals surface area contributed by atoms with Crippen LogP contribution in [-0.4, -0.2) is 52.8 Å². The molecule has 0 spiro atoms. The normalized spacial score (nSPS) is 21.8. The molecule has 29 heavy (non-hydrogen) atoms. The van der Waals surface area contributed by atoms with E-state index < -0.39 is 17.7 Å². The maximum atomic E-state index is 13.0. The van der Waals surface area contributed by atoms with E-state index in [0.717, 1.165) is 30.8 Å². The number of amides is 1. The number of rotatable bonds is 5. The van der Waals surface area contributed by atoms with E-state index in [9.17, 15) is 14.7 Å². The lowest BCUT2D eigenvalue weighted by molar-refractivity contribution is -0.140. The van der Waals surface area contributed by atoms with Crippen molar-refractivity contribution in [2.75, 3.05) is 26.2 Å². The van der Waals surface area contributed by atoms with Gasteiger partial charge < -0.3 is 14.9 Å². The molecule has 2 aliphatic rings. The molecular weight excluding hydrogens is 364 g/mol. The molecule has 0 aliphatic carbocycles. The number of carbonyl (C=O) groups excluding carboxylic acids is 2. The molecule has 4 rings (SSSR count). The van der Waals surface area contributed by atoms with Crippen LogP contribution in [0.1, 0.15) is 35.6 Å². The van der Waals surface area contributed by atoms with Gasteiger partial charge in [0, 0.05) is 18.7 Å². The molecule has 2 fully saturated rings. The van der Waals surface area contributed by atoms with Crippen LogP contribution in [0, 0.1) is 6.92 Å². The number of Topliss-reactive ketones (excluding diaryl/α,β-unsaturated/α-hetero) is 1. The molecule has 0 bridgehead atoms. The molecule has 1 amide bonds. The lowest BCUT2D eigenvalue weighted by Crippen LogP contribution is -2.37. The SMILES string of the molecule is Cc1ccc(C2/C(=C(\O)c3ccccc3)C(=O)C(=O)N2CCN2CCCC2)cc1. The minimum atomic E-state index is -0.613. The van der Waals surface area contributed by atoms with E-state index in [-0.39, 0.29) is 11.3 Å². The van der Waals surface area contributed by atoms with Crippen LogP contribution in [0.25, 0.3) is 5.76 Å². The van der Waals surface area contributed by atoms with E-state index in [1.54, 1.807) is 29.2 Å². The van der Waals surface area contributed by atoms with Crippen molar-refractivity contribution in [3.05, 3.63) is 76.9 Å². The molecule has 0 radical (unpaired) electrons. The third kappa shape index (κ3) is 3.83. The fourth-order valence-electron chi connectivity index (χ4n) is 4.21. The van der Waals surface area contributed by atoms with E-state index in [1.807, 2.05) is 37.3 Å². The van der Waals surface area contributed by atoms with E-state index >= 15 is 0 Å². The summed E-state index contributed by atoms with van der Waals surface area (Å²) < 4.78 is 0. The maximum Gasteiger partial charge on any atom is 0.295 e. The van der Waals surface area contributed by atoms with E-state index in [2.05, 4.69) is 4.90 Å². The number of aryl methyl sites for hydroxylation is 1.